The van der Waals surface area contributed by atoms with E-state index in [2.05, 4.69) is 20.2 Å². The van der Waals surface area contributed by atoms with Crippen molar-refractivity contribution in [1.82, 2.24) is 25.1 Å². The fourth-order valence-electron chi connectivity index (χ4n) is 3.59. The lowest BCUT2D eigenvalue weighted by Gasteiger charge is -2.49. The summed E-state index contributed by atoms with van der Waals surface area (Å²) in [7, 11) is -3.29. The molecule has 0 bridgehead atoms. The molecule has 4 rings (SSSR count). The number of rotatable bonds is 4. The predicted molar refractivity (Wildman–Crippen MR) is 90.1 cm³/mol. The van der Waals surface area contributed by atoms with Crippen LogP contribution in [0.3, 0.4) is 0 Å². The second-order valence-corrected chi connectivity index (χ2v) is 8.95. The maximum atomic E-state index is 12.6. The minimum Gasteiger partial charge on any atom is -0.463 e. The summed E-state index contributed by atoms with van der Waals surface area (Å²) in [6.45, 7) is 0.544. The van der Waals surface area contributed by atoms with Gasteiger partial charge >= 0.3 is 6.01 Å². The first-order chi connectivity index (χ1) is 12.5. The minimum atomic E-state index is -3.29. The van der Waals surface area contributed by atoms with E-state index in [4.69, 9.17) is 4.74 Å². The molecule has 2 aliphatic rings. The zero-order valence-corrected chi connectivity index (χ0v) is 14.7. The van der Waals surface area contributed by atoms with E-state index in [1.54, 1.807) is 24.5 Å². The van der Waals surface area contributed by atoms with E-state index in [1.165, 1.54) is 17.3 Å². The highest BCUT2D eigenvalue weighted by Gasteiger charge is 2.62. The van der Waals surface area contributed by atoms with Crippen molar-refractivity contribution in [1.29, 1.82) is 0 Å². The van der Waals surface area contributed by atoms with Gasteiger partial charge in [0.05, 0.1) is 30.3 Å². The van der Waals surface area contributed by atoms with Crippen molar-refractivity contribution in [2.45, 2.75) is 11.2 Å². The van der Waals surface area contributed by atoms with Crippen molar-refractivity contribution in [3.05, 3.63) is 42.5 Å². The molecule has 10 heteroatoms. The number of aromatic nitrogens is 4. The van der Waals surface area contributed by atoms with Gasteiger partial charge in [0.25, 0.3) is 5.91 Å². The summed E-state index contributed by atoms with van der Waals surface area (Å²) in [6.07, 6.45) is 6.45. The Morgan fingerprint density at radius 1 is 1.23 bits per heavy atom. The number of ether oxygens (including phenoxy) is 1. The van der Waals surface area contributed by atoms with Gasteiger partial charge in [-0.15, -0.1) is 0 Å². The van der Waals surface area contributed by atoms with Gasteiger partial charge in [0.2, 0.25) is 0 Å². The van der Waals surface area contributed by atoms with E-state index in [9.17, 15) is 13.2 Å². The maximum Gasteiger partial charge on any atom is 0.316 e. The third-order valence-corrected chi connectivity index (χ3v) is 7.69. The maximum absolute atomic E-state index is 12.6. The highest BCUT2D eigenvalue weighted by molar-refractivity contribution is 7.93. The molecule has 2 aliphatic heterocycles. The molecule has 0 aromatic carbocycles. The molecular weight excluding hydrogens is 358 g/mol. The van der Waals surface area contributed by atoms with Crippen LogP contribution in [0.4, 0.5) is 0 Å². The summed E-state index contributed by atoms with van der Waals surface area (Å²) in [4.78, 5) is 22.0. The molecule has 0 saturated carbocycles. The van der Waals surface area contributed by atoms with E-state index in [0.29, 0.717) is 12.0 Å². The fourth-order valence-corrected chi connectivity index (χ4v) is 5.99. The highest BCUT2D eigenvalue weighted by atomic mass is 32.2. The molecule has 0 radical (unpaired) electrons. The lowest BCUT2D eigenvalue weighted by Crippen LogP contribution is -2.68. The Morgan fingerprint density at radius 3 is 2.69 bits per heavy atom. The summed E-state index contributed by atoms with van der Waals surface area (Å²) < 4.78 is 29.9. The predicted octanol–water partition coefficient (Wildman–Crippen LogP) is -0.0251. The smallest absolute Gasteiger partial charge is 0.316 e. The number of likely N-dealkylation sites (tertiary alicyclic amines) is 1. The normalized spacial score (nSPS) is 22.8. The van der Waals surface area contributed by atoms with Crippen molar-refractivity contribution >= 4 is 15.7 Å². The van der Waals surface area contributed by atoms with E-state index in [-0.39, 0.29) is 43.3 Å². The number of amides is 1. The van der Waals surface area contributed by atoms with E-state index >= 15 is 0 Å². The Kier molecular flexibility index (Phi) is 4.06. The number of nitrogens with zero attached hydrogens (tertiary/aromatic N) is 5. The second kappa shape index (κ2) is 6.27. The van der Waals surface area contributed by atoms with Gasteiger partial charge in [-0.05, 0) is 18.6 Å². The van der Waals surface area contributed by atoms with Gasteiger partial charge in [-0.2, -0.15) is 10.2 Å². The third kappa shape index (κ3) is 2.70. The molecule has 1 spiro atoms. The zero-order valence-electron chi connectivity index (χ0n) is 13.9. The van der Waals surface area contributed by atoms with Crippen LogP contribution in [0.1, 0.15) is 16.8 Å². The first-order valence-electron chi connectivity index (χ1n) is 8.20. The molecule has 136 valence electrons. The second-order valence-electron chi connectivity index (χ2n) is 6.50. The molecule has 0 N–H and O–H groups in total. The van der Waals surface area contributed by atoms with Crippen molar-refractivity contribution in [2.75, 3.05) is 25.4 Å². The van der Waals surface area contributed by atoms with Gasteiger partial charge in [-0.25, -0.2) is 18.4 Å². The Bertz CT molecular complexity index is 901. The molecule has 2 saturated heterocycles. The summed E-state index contributed by atoms with van der Waals surface area (Å²) in [5, 5.41) is 7.34. The average Bonchev–Trinajstić information content (AvgIpc) is 2.90. The zero-order chi connectivity index (χ0) is 18.2. The number of hydrogen-bond donors (Lipinski definition) is 0. The summed E-state index contributed by atoms with van der Waals surface area (Å²) in [6, 6.07) is 3.47. The number of hydrogen-bond acceptors (Lipinski definition) is 8. The fraction of sp³-hybridized carbons (Fsp3) is 0.438. The summed E-state index contributed by atoms with van der Waals surface area (Å²) in [5.41, 5.74) is 0.399. The van der Waals surface area contributed by atoms with Crippen LogP contribution >= 0.6 is 0 Å². The molecule has 2 aromatic rings. The molecule has 2 fully saturated rings. The van der Waals surface area contributed by atoms with Crippen LogP contribution in [0.15, 0.2) is 36.9 Å². The quantitative estimate of drug-likeness (QED) is 0.732. The molecule has 0 aliphatic carbocycles. The number of carbonyl (C=O) groups excluding carboxylic acids is 1. The van der Waals surface area contributed by atoms with Crippen molar-refractivity contribution < 1.29 is 17.9 Å². The Morgan fingerprint density at radius 2 is 2.00 bits per heavy atom. The number of sulfone groups is 1. The molecule has 4 heterocycles. The Hall–Kier alpha value is -2.62. The van der Waals surface area contributed by atoms with Gasteiger partial charge in [0.1, 0.15) is 4.75 Å². The van der Waals surface area contributed by atoms with Gasteiger partial charge in [0, 0.05) is 31.4 Å². The Labute approximate surface area is 150 Å². The van der Waals surface area contributed by atoms with Gasteiger partial charge in [-0.3, -0.25) is 4.79 Å². The third-order valence-electron chi connectivity index (χ3n) is 5.09. The molecule has 0 unspecified atom stereocenters. The van der Waals surface area contributed by atoms with Gasteiger partial charge in [0.15, 0.2) is 9.84 Å². The van der Waals surface area contributed by atoms with Crippen LogP contribution in [-0.4, -0.2) is 69.6 Å². The van der Waals surface area contributed by atoms with Crippen LogP contribution in [0.25, 0.3) is 0 Å². The molecule has 26 heavy (non-hydrogen) atoms. The van der Waals surface area contributed by atoms with Crippen LogP contribution < -0.4 is 4.74 Å². The van der Waals surface area contributed by atoms with Crippen molar-refractivity contribution in [3.8, 4) is 6.01 Å². The molecular formula is C16H17N5O4S. The molecule has 1 atom stereocenters. The summed E-state index contributed by atoms with van der Waals surface area (Å²) >= 11 is 0. The van der Waals surface area contributed by atoms with E-state index in [0.717, 1.165) is 0 Å². The SMILES string of the molecule is O=C(c1ccnnc1)N1CC2(C1)[C@@H](COc1ncccn1)CCS2(=O)=O. The lowest BCUT2D eigenvalue weighted by atomic mass is 9.83. The first-order valence-corrected chi connectivity index (χ1v) is 9.85. The average molecular weight is 375 g/mol. The van der Waals surface area contributed by atoms with Crippen molar-refractivity contribution in [3.63, 3.8) is 0 Å². The largest absolute Gasteiger partial charge is 0.463 e. The molecule has 1 amide bonds. The van der Waals surface area contributed by atoms with Crippen LogP contribution in [0.5, 0.6) is 6.01 Å². The monoisotopic (exact) mass is 375 g/mol. The molecule has 9 nitrogen and oxygen atoms in total. The van der Waals surface area contributed by atoms with E-state index in [1.807, 2.05) is 0 Å². The number of carbonyl (C=O) groups is 1. The standard InChI is InChI=1S/C16H17N5O4S/c22-14(12-2-6-19-20-8-12)21-10-16(11-21)13(3-7-26(16,23)24)9-25-15-17-4-1-5-18-15/h1-2,4-6,8,13H,3,7,9-11H2/t13-/m1/s1. The molecule has 2 aromatic heterocycles. The topological polar surface area (TPSA) is 115 Å². The summed E-state index contributed by atoms with van der Waals surface area (Å²) in [5.74, 6) is -0.329. The van der Waals surface area contributed by atoms with Crippen LogP contribution in [-0.2, 0) is 9.84 Å². The van der Waals surface area contributed by atoms with Crippen molar-refractivity contribution in [2.24, 2.45) is 5.92 Å². The van der Waals surface area contributed by atoms with Gasteiger partial charge in [-0.1, -0.05) is 0 Å². The Balaban J connectivity index is 1.47. The highest BCUT2D eigenvalue weighted by Crippen LogP contribution is 2.45. The van der Waals surface area contributed by atoms with Crippen LogP contribution in [0.2, 0.25) is 0 Å². The first kappa shape index (κ1) is 16.8. The minimum absolute atomic E-state index is 0.107. The van der Waals surface area contributed by atoms with Crippen LogP contribution in [0, 0.1) is 5.92 Å². The van der Waals surface area contributed by atoms with E-state index < -0.39 is 14.6 Å². The lowest BCUT2D eigenvalue weighted by molar-refractivity contribution is 0.0403. The van der Waals surface area contributed by atoms with Gasteiger partial charge < -0.3 is 9.64 Å².